The van der Waals surface area contributed by atoms with Crippen LogP contribution in [0.15, 0.2) is 78.4 Å². The number of nitrogens with zero attached hydrogens (tertiary/aromatic N) is 1. The molecule has 0 saturated carbocycles. The molecule has 1 saturated heterocycles. The Morgan fingerprint density at radius 2 is 1.69 bits per heavy atom. The third-order valence-electron chi connectivity index (χ3n) is 5.63. The molecule has 1 unspecified atom stereocenters. The third-order valence-corrected chi connectivity index (χ3v) is 5.96. The lowest BCUT2D eigenvalue weighted by Gasteiger charge is -2.25. The minimum absolute atomic E-state index is 0.105. The van der Waals surface area contributed by atoms with Crippen molar-refractivity contribution in [3.8, 4) is 5.75 Å². The van der Waals surface area contributed by atoms with Crippen LogP contribution >= 0.6 is 11.6 Å². The van der Waals surface area contributed by atoms with Crippen LogP contribution in [0.2, 0.25) is 5.02 Å². The maximum atomic E-state index is 13.3. The molecule has 178 valence electrons. The van der Waals surface area contributed by atoms with Gasteiger partial charge >= 0.3 is 5.97 Å². The topological polar surface area (TPSA) is 104 Å². The van der Waals surface area contributed by atoms with Crippen LogP contribution < -0.4 is 9.64 Å². The standard InChI is InChI=1S/C27H22ClNO6/c1-2-35-19-12-13-21(28)20(15-19)25(32)23-24(17-6-4-3-5-7-17)29(27(34)26(23)33)18-10-8-16(9-11-18)14-22(30)31/h3-13,15,24,32H,2,14H2,1H3,(H,30,31)/b25-23+. The van der Waals surface area contributed by atoms with Gasteiger partial charge in [0.2, 0.25) is 0 Å². The summed E-state index contributed by atoms with van der Waals surface area (Å²) in [4.78, 5) is 38.8. The van der Waals surface area contributed by atoms with Crippen LogP contribution in [0.5, 0.6) is 5.75 Å². The van der Waals surface area contributed by atoms with Gasteiger partial charge in [0.1, 0.15) is 11.5 Å². The number of anilines is 1. The van der Waals surface area contributed by atoms with E-state index in [-0.39, 0.29) is 22.6 Å². The Morgan fingerprint density at radius 1 is 1.00 bits per heavy atom. The molecule has 1 aliphatic heterocycles. The second-order valence-electron chi connectivity index (χ2n) is 7.89. The van der Waals surface area contributed by atoms with E-state index in [1.54, 1.807) is 66.7 Å². The quantitative estimate of drug-likeness (QED) is 0.274. The number of hydrogen-bond donors (Lipinski definition) is 2. The second kappa shape index (κ2) is 10.0. The summed E-state index contributed by atoms with van der Waals surface area (Å²) in [7, 11) is 0. The van der Waals surface area contributed by atoms with Crippen molar-refractivity contribution < 1.29 is 29.3 Å². The number of halogens is 1. The number of carboxylic acid groups (broad SMARTS) is 1. The fourth-order valence-corrected chi connectivity index (χ4v) is 4.29. The van der Waals surface area contributed by atoms with Gasteiger partial charge in [0.25, 0.3) is 11.7 Å². The summed E-state index contributed by atoms with van der Waals surface area (Å²) in [6.07, 6.45) is -0.171. The van der Waals surface area contributed by atoms with Crippen LogP contribution in [-0.2, 0) is 20.8 Å². The molecule has 1 fully saturated rings. The number of carbonyl (C=O) groups excluding carboxylic acids is 2. The number of ether oxygens (including phenoxy) is 1. The molecule has 8 heteroatoms. The summed E-state index contributed by atoms with van der Waals surface area (Å²) < 4.78 is 5.51. The number of aliphatic hydroxyl groups excluding tert-OH is 1. The molecule has 0 aromatic heterocycles. The van der Waals surface area contributed by atoms with E-state index in [0.717, 1.165) is 0 Å². The molecule has 2 N–H and O–H groups in total. The SMILES string of the molecule is CCOc1ccc(Cl)c(/C(O)=C2\C(=O)C(=O)N(c3ccc(CC(=O)O)cc3)C2c2ccccc2)c1. The van der Waals surface area contributed by atoms with E-state index in [1.165, 1.54) is 11.0 Å². The van der Waals surface area contributed by atoms with Crippen LogP contribution in [0.25, 0.3) is 5.76 Å². The summed E-state index contributed by atoms with van der Waals surface area (Å²) in [5.74, 6) is -2.60. The largest absolute Gasteiger partial charge is 0.507 e. The molecule has 1 amide bonds. The van der Waals surface area contributed by atoms with E-state index in [9.17, 15) is 19.5 Å². The molecule has 0 bridgehead atoms. The second-order valence-corrected chi connectivity index (χ2v) is 8.30. The molecule has 1 atom stereocenters. The smallest absolute Gasteiger partial charge is 0.307 e. The Morgan fingerprint density at radius 3 is 2.31 bits per heavy atom. The van der Waals surface area contributed by atoms with E-state index in [0.29, 0.717) is 29.2 Å². The Kier molecular flexibility index (Phi) is 6.89. The van der Waals surface area contributed by atoms with Gasteiger partial charge in [-0.05, 0) is 48.4 Å². The molecule has 1 aliphatic rings. The summed E-state index contributed by atoms with van der Waals surface area (Å²) in [5.41, 5.74) is 1.62. The number of rotatable bonds is 7. The number of aliphatic carboxylic acids is 1. The van der Waals surface area contributed by atoms with Gasteiger partial charge in [-0.3, -0.25) is 19.3 Å². The minimum Gasteiger partial charge on any atom is -0.507 e. The maximum absolute atomic E-state index is 13.3. The average Bonchev–Trinajstić information content (AvgIpc) is 3.11. The summed E-state index contributed by atoms with van der Waals surface area (Å²) in [5, 5.41) is 20.5. The predicted octanol–water partition coefficient (Wildman–Crippen LogP) is 4.99. The Hall–Kier alpha value is -4.10. The normalized spacial score (nSPS) is 17.0. The van der Waals surface area contributed by atoms with E-state index < -0.39 is 29.5 Å². The van der Waals surface area contributed by atoms with Crippen molar-refractivity contribution in [2.75, 3.05) is 11.5 Å². The van der Waals surface area contributed by atoms with Crippen molar-refractivity contribution in [2.24, 2.45) is 0 Å². The number of carbonyl (C=O) groups is 3. The molecular formula is C27H22ClNO6. The van der Waals surface area contributed by atoms with Crippen LogP contribution in [-0.4, -0.2) is 34.5 Å². The van der Waals surface area contributed by atoms with Gasteiger partial charge in [-0.25, -0.2) is 0 Å². The lowest BCUT2D eigenvalue weighted by molar-refractivity contribution is -0.136. The zero-order chi connectivity index (χ0) is 25.1. The number of aliphatic hydroxyl groups is 1. The van der Waals surface area contributed by atoms with Gasteiger partial charge in [-0.15, -0.1) is 0 Å². The molecule has 35 heavy (non-hydrogen) atoms. The molecule has 0 spiro atoms. The number of benzene rings is 3. The van der Waals surface area contributed by atoms with E-state index in [4.69, 9.17) is 21.4 Å². The number of carboxylic acids is 1. The highest BCUT2D eigenvalue weighted by molar-refractivity contribution is 6.52. The first-order valence-corrected chi connectivity index (χ1v) is 11.3. The highest BCUT2D eigenvalue weighted by Crippen LogP contribution is 2.43. The number of Topliss-reactive ketones (excluding diaryl/α,β-unsaturated/α-hetero) is 1. The summed E-state index contributed by atoms with van der Waals surface area (Å²) >= 11 is 6.35. The van der Waals surface area contributed by atoms with Gasteiger partial charge < -0.3 is 14.9 Å². The molecule has 0 aliphatic carbocycles. The van der Waals surface area contributed by atoms with Crippen molar-refractivity contribution in [1.29, 1.82) is 0 Å². The highest BCUT2D eigenvalue weighted by atomic mass is 35.5. The minimum atomic E-state index is -0.978. The molecule has 3 aromatic carbocycles. The molecule has 4 rings (SSSR count). The van der Waals surface area contributed by atoms with Gasteiger partial charge in [-0.1, -0.05) is 54.1 Å². The molecule has 1 heterocycles. The number of ketones is 1. The monoisotopic (exact) mass is 491 g/mol. The van der Waals surface area contributed by atoms with Crippen LogP contribution in [0.1, 0.15) is 29.7 Å². The first-order valence-electron chi connectivity index (χ1n) is 10.9. The van der Waals surface area contributed by atoms with Crippen LogP contribution in [0.3, 0.4) is 0 Å². The van der Waals surface area contributed by atoms with Crippen LogP contribution in [0.4, 0.5) is 5.69 Å². The first kappa shape index (κ1) is 24.0. The fraction of sp³-hybridized carbons (Fsp3) is 0.148. The highest BCUT2D eigenvalue weighted by Gasteiger charge is 2.47. The van der Waals surface area contributed by atoms with Gasteiger partial charge in [0.05, 0.1) is 29.7 Å². The van der Waals surface area contributed by atoms with E-state index >= 15 is 0 Å². The zero-order valence-corrected chi connectivity index (χ0v) is 19.5. The van der Waals surface area contributed by atoms with Crippen molar-refractivity contribution in [2.45, 2.75) is 19.4 Å². The number of hydrogen-bond acceptors (Lipinski definition) is 5. The Balaban J connectivity index is 1.88. The van der Waals surface area contributed by atoms with Gasteiger partial charge in [0, 0.05) is 11.3 Å². The van der Waals surface area contributed by atoms with Crippen LogP contribution in [0, 0.1) is 0 Å². The maximum Gasteiger partial charge on any atom is 0.307 e. The Bertz CT molecular complexity index is 1320. The molecule has 3 aromatic rings. The van der Waals surface area contributed by atoms with E-state index in [1.807, 2.05) is 6.92 Å². The van der Waals surface area contributed by atoms with Gasteiger partial charge in [0.15, 0.2) is 0 Å². The predicted molar refractivity (Wildman–Crippen MR) is 132 cm³/mol. The number of amides is 1. The van der Waals surface area contributed by atoms with E-state index in [2.05, 4.69) is 0 Å². The average molecular weight is 492 g/mol. The van der Waals surface area contributed by atoms with Crippen molar-refractivity contribution in [3.05, 3.63) is 100 Å². The lowest BCUT2D eigenvalue weighted by Crippen LogP contribution is -2.29. The third kappa shape index (κ3) is 4.76. The lowest BCUT2D eigenvalue weighted by atomic mass is 9.95. The summed E-state index contributed by atoms with van der Waals surface area (Å²) in [6.45, 7) is 2.21. The van der Waals surface area contributed by atoms with Crippen molar-refractivity contribution in [1.82, 2.24) is 0 Å². The first-order chi connectivity index (χ1) is 16.8. The fourth-order valence-electron chi connectivity index (χ4n) is 4.09. The van der Waals surface area contributed by atoms with Crippen molar-refractivity contribution in [3.63, 3.8) is 0 Å². The molecule has 7 nitrogen and oxygen atoms in total. The zero-order valence-electron chi connectivity index (χ0n) is 18.8. The molecule has 0 radical (unpaired) electrons. The molecular weight excluding hydrogens is 470 g/mol. The van der Waals surface area contributed by atoms with Gasteiger partial charge in [-0.2, -0.15) is 0 Å². The summed E-state index contributed by atoms with van der Waals surface area (Å²) in [6, 6.07) is 19.0. The Labute approximate surface area is 206 Å². The van der Waals surface area contributed by atoms with Crippen molar-refractivity contribution >= 4 is 40.7 Å².